The average molecular weight is 259 g/mol. The number of fused-ring (bicyclic) bond motifs is 1. The maximum Gasteiger partial charge on any atom is 0.343 e. The number of rotatable bonds is 0. The second-order valence-electron chi connectivity index (χ2n) is 2.50. The number of nitriles is 1. The van der Waals surface area contributed by atoms with Crippen molar-refractivity contribution in [1.29, 1.82) is 5.26 Å². The molecular weight excluding hydrogens is 255 g/mol. The average Bonchev–Trinajstić information content (AvgIpc) is 2.47. The number of hydrogen-bond donors (Lipinski definition) is 3. The summed E-state index contributed by atoms with van der Waals surface area (Å²) in [5.74, 6) is 0. The zero-order valence-electron chi connectivity index (χ0n) is 7.33. The normalized spacial score (nSPS) is 9.53. The standard InChI is InChI=1S/C6H3N5O3.Zn/c7-1-11-4(12)2-3(10-6(11)14)9-5(13)8-2;/h(H,10,14)(H2,8,9,13);. The predicted octanol–water partition coefficient (Wildman–Crippen LogP) is -1.97. The van der Waals surface area contributed by atoms with Gasteiger partial charge in [-0.1, -0.05) is 0 Å². The molecule has 72 valence electrons. The van der Waals surface area contributed by atoms with Gasteiger partial charge in [-0.3, -0.25) is 19.7 Å². The molecule has 8 nitrogen and oxygen atoms in total. The largest absolute Gasteiger partial charge is 0.343 e. The van der Waals surface area contributed by atoms with Crippen LogP contribution in [-0.4, -0.2) is 19.5 Å². The Morgan fingerprint density at radius 3 is 2.40 bits per heavy atom. The quantitative estimate of drug-likeness (QED) is 0.474. The van der Waals surface area contributed by atoms with Crippen LogP contribution in [0.25, 0.3) is 11.2 Å². The number of hydrogen-bond acceptors (Lipinski definition) is 4. The van der Waals surface area contributed by atoms with Crippen molar-refractivity contribution in [2.75, 3.05) is 0 Å². The van der Waals surface area contributed by atoms with Gasteiger partial charge in [0.15, 0.2) is 11.7 Å². The van der Waals surface area contributed by atoms with Crippen LogP contribution in [0.3, 0.4) is 0 Å². The zero-order valence-corrected chi connectivity index (χ0v) is 10.3. The Labute approximate surface area is 93.3 Å². The Hall–Kier alpha value is -1.94. The second-order valence-corrected chi connectivity index (χ2v) is 2.50. The summed E-state index contributed by atoms with van der Waals surface area (Å²) in [6.45, 7) is 0. The molecule has 15 heavy (non-hydrogen) atoms. The molecule has 0 spiro atoms. The smallest absolute Gasteiger partial charge is 0.300 e. The van der Waals surface area contributed by atoms with Crippen LogP contribution in [0.5, 0.6) is 0 Å². The predicted molar refractivity (Wildman–Crippen MR) is 44.8 cm³/mol. The van der Waals surface area contributed by atoms with E-state index in [1.165, 1.54) is 6.19 Å². The van der Waals surface area contributed by atoms with Crippen LogP contribution < -0.4 is 16.9 Å². The van der Waals surface area contributed by atoms with E-state index in [2.05, 4.69) is 15.0 Å². The summed E-state index contributed by atoms with van der Waals surface area (Å²) in [4.78, 5) is 39.7. The third-order valence-electron chi connectivity index (χ3n) is 1.68. The van der Waals surface area contributed by atoms with Crippen molar-refractivity contribution < 1.29 is 19.5 Å². The molecule has 0 unspecified atom stereocenters. The van der Waals surface area contributed by atoms with Gasteiger partial charge in [0, 0.05) is 19.5 Å². The van der Waals surface area contributed by atoms with Gasteiger partial charge >= 0.3 is 11.4 Å². The number of nitrogens with one attached hydrogen (secondary N) is 3. The Bertz CT molecular complexity index is 711. The summed E-state index contributed by atoms with van der Waals surface area (Å²) in [6.07, 6.45) is 1.39. The van der Waals surface area contributed by atoms with Crippen molar-refractivity contribution in [1.82, 2.24) is 19.5 Å². The minimum Gasteiger partial charge on any atom is -0.300 e. The summed E-state index contributed by atoms with van der Waals surface area (Å²) in [5, 5.41) is 8.46. The van der Waals surface area contributed by atoms with Gasteiger partial charge in [-0.2, -0.15) is 9.83 Å². The summed E-state index contributed by atoms with van der Waals surface area (Å²) < 4.78 is 0.312. The first kappa shape index (κ1) is 11.1. The monoisotopic (exact) mass is 257 g/mol. The maximum atomic E-state index is 11.3. The van der Waals surface area contributed by atoms with Crippen LogP contribution in [0.15, 0.2) is 14.4 Å². The van der Waals surface area contributed by atoms with E-state index in [0.717, 1.165) is 0 Å². The fourth-order valence-electron chi connectivity index (χ4n) is 1.10. The SMILES string of the molecule is N#Cn1c(=O)[nH]c2[nH]c(=O)[nH]c2c1=O.[Zn]. The van der Waals surface area contributed by atoms with Gasteiger partial charge in [0.05, 0.1) is 0 Å². The van der Waals surface area contributed by atoms with Crippen LogP contribution in [0.4, 0.5) is 0 Å². The molecule has 0 bridgehead atoms. The van der Waals surface area contributed by atoms with Crippen molar-refractivity contribution in [3.63, 3.8) is 0 Å². The van der Waals surface area contributed by atoms with E-state index in [4.69, 9.17) is 5.26 Å². The summed E-state index contributed by atoms with van der Waals surface area (Å²) in [6, 6.07) is 0. The van der Waals surface area contributed by atoms with Crippen molar-refractivity contribution >= 4 is 11.2 Å². The van der Waals surface area contributed by atoms with E-state index in [1.54, 1.807) is 0 Å². The summed E-state index contributed by atoms with van der Waals surface area (Å²) in [5.41, 5.74) is -2.51. The molecule has 0 fully saturated rings. The molecule has 9 heteroatoms. The van der Waals surface area contributed by atoms with Gasteiger partial charge in [-0.05, 0) is 0 Å². The van der Waals surface area contributed by atoms with E-state index in [1.807, 2.05) is 0 Å². The van der Waals surface area contributed by atoms with E-state index in [0.29, 0.717) is 4.57 Å². The Balaban J connectivity index is 0.00000112. The Morgan fingerprint density at radius 1 is 1.13 bits per heavy atom. The van der Waals surface area contributed by atoms with Crippen LogP contribution in [0.1, 0.15) is 0 Å². The van der Waals surface area contributed by atoms with Gasteiger partial charge in [0.25, 0.3) is 5.56 Å². The fraction of sp³-hybridized carbons (Fsp3) is 0. The zero-order chi connectivity index (χ0) is 10.3. The minimum atomic E-state index is -0.889. The number of H-pyrrole nitrogens is 3. The van der Waals surface area contributed by atoms with E-state index < -0.39 is 16.9 Å². The van der Waals surface area contributed by atoms with Crippen molar-refractivity contribution in [3.05, 3.63) is 31.3 Å². The van der Waals surface area contributed by atoms with Crippen LogP contribution in [0, 0.1) is 11.5 Å². The topological polar surface area (TPSA) is 127 Å². The molecule has 0 aliphatic heterocycles. The van der Waals surface area contributed by atoms with E-state index in [-0.39, 0.29) is 30.6 Å². The van der Waals surface area contributed by atoms with Gasteiger partial charge in [0.2, 0.25) is 0 Å². The third kappa shape index (κ3) is 1.55. The summed E-state index contributed by atoms with van der Waals surface area (Å²) >= 11 is 0. The molecular formula is C6H3N5O3Zn. The van der Waals surface area contributed by atoms with Crippen LogP contribution in [-0.2, 0) is 19.5 Å². The summed E-state index contributed by atoms with van der Waals surface area (Å²) in [7, 11) is 0. The molecule has 2 rings (SSSR count). The molecule has 0 atom stereocenters. The van der Waals surface area contributed by atoms with Crippen LogP contribution in [0.2, 0.25) is 0 Å². The Kier molecular flexibility index (Phi) is 2.72. The van der Waals surface area contributed by atoms with Crippen LogP contribution >= 0.6 is 0 Å². The number of aromatic nitrogens is 4. The number of nitrogens with zero attached hydrogens (tertiary/aromatic N) is 2. The van der Waals surface area contributed by atoms with E-state index in [9.17, 15) is 14.4 Å². The first-order chi connectivity index (χ1) is 6.63. The first-order valence-electron chi connectivity index (χ1n) is 3.51. The minimum absolute atomic E-state index is 0. The maximum absolute atomic E-state index is 11.3. The molecule has 0 saturated heterocycles. The molecule has 0 radical (unpaired) electrons. The van der Waals surface area contributed by atoms with Gasteiger partial charge in [0.1, 0.15) is 5.65 Å². The van der Waals surface area contributed by atoms with Crippen molar-refractivity contribution in [2.24, 2.45) is 0 Å². The molecule has 0 aliphatic carbocycles. The molecule has 2 aromatic rings. The number of aromatic amines is 3. The van der Waals surface area contributed by atoms with Gasteiger partial charge < -0.3 is 0 Å². The number of imidazole rings is 1. The van der Waals surface area contributed by atoms with Gasteiger partial charge in [-0.15, -0.1) is 0 Å². The Morgan fingerprint density at radius 2 is 1.80 bits per heavy atom. The first-order valence-corrected chi connectivity index (χ1v) is 3.51. The molecule has 0 aliphatic rings. The molecule has 0 aromatic carbocycles. The molecule has 2 heterocycles. The van der Waals surface area contributed by atoms with Crippen molar-refractivity contribution in [3.8, 4) is 6.19 Å². The molecule has 0 amide bonds. The molecule has 3 N–H and O–H groups in total. The molecule has 0 saturated carbocycles. The van der Waals surface area contributed by atoms with Gasteiger partial charge in [-0.25, -0.2) is 9.59 Å². The van der Waals surface area contributed by atoms with E-state index >= 15 is 0 Å². The third-order valence-corrected chi connectivity index (χ3v) is 1.68. The molecule has 2 aromatic heterocycles. The van der Waals surface area contributed by atoms with Crippen molar-refractivity contribution in [2.45, 2.75) is 0 Å². The second kappa shape index (κ2) is 3.67. The fourth-order valence-corrected chi connectivity index (χ4v) is 1.10.